The molecule has 0 aromatic rings. The first kappa shape index (κ1) is 9.32. The van der Waals surface area contributed by atoms with Gasteiger partial charge in [0.25, 0.3) is 0 Å². The molecule has 0 N–H and O–H groups in total. The van der Waals surface area contributed by atoms with Crippen LogP contribution in [0.3, 0.4) is 0 Å². The van der Waals surface area contributed by atoms with Crippen LogP contribution in [0.4, 0.5) is 0 Å². The largest absolute Gasteiger partial charge is 0.449 e. The van der Waals surface area contributed by atoms with Gasteiger partial charge in [-0.3, -0.25) is 4.79 Å². The second kappa shape index (κ2) is 6.44. The maximum absolute atomic E-state index is 10.5. The highest BCUT2D eigenvalue weighted by Gasteiger charge is 1.98. The second-order valence-electron chi connectivity index (χ2n) is 1.68. The molecule has 10 heavy (non-hydrogen) atoms. The summed E-state index contributed by atoms with van der Waals surface area (Å²) in [7, 11) is 0. The molecule has 0 saturated heterocycles. The third-order valence-corrected chi connectivity index (χ3v) is 1.03. The molecule has 0 aliphatic carbocycles. The summed E-state index contributed by atoms with van der Waals surface area (Å²) in [6.45, 7) is 0. The SMILES string of the molecule is C#CCCCC(=O)OCCl. The first-order valence-electron chi connectivity index (χ1n) is 2.96. The lowest BCUT2D eigenvalue weighted by molar-refractivity contribution is -0.141. The van der Waals surface area contributed by atoms with Gasteiger partial charge in [0.15, 0.2) is 6.07 Å². The van der Waals surface area contributed by atoms with Crippen LogP contribution in [-0.2, 0) is 9.53 Å². The van der Waals surface area contributed by atoms with Crippen molar-refractivity contribution >= 4 is 17.6 Å². The summed E-state index contributed by atoms with van der Waals surface area (Å²) in [5, 5.41) is 0. The molecule has 0 spiro atoms. The summed E-state index contributed by atoms with van der Waals surface area (Å²) in [5.41, 5.74) is 0. The van der Waals surface area contributed by atoms with Crippen LogP contribution in [-0.4, -0.2) is 12.0 Å². The van der Waals surface area contributed by atoms with Gasteiger partial charge in [0.2, 0.25) is 0 Å². The zero-order valence-electron chi connectivity index (χ0n) is 5.60. The van der Waals surface area contributed by atoms with Gasteiger partial charge in [-0.05, 0) is 6.42 Å². The minimum atomic E-state index is -0.287. The van der Waals surface area contributed by atoms with Gasteiger partial charge in [-0.2, -0.15) is 0 Å². The van der Waals surface area contributed by atoms with Crippen LogP contribution in [0.2, 0.25) is 0 Å². The zero-order chi connectivity index (χ0) is 7.82. The Bertz CT molecular complexity index is 137. The summed E-state index contributed by atoms with van der Waals surface area (Å²) in [5.74, 6) is 2.14. The molecule has 0 atom stereocenters. The molecule has 0 aliphatic heterocycles. The van der Waals surface area contributed by atoms with E-state index in [9.17, 15) is 4.79 Å². The van der Waals surface area contributed by atoms with E-state index in [0.717, 1.165) is 0 Å². The number of esters is 1. The molecule has 0 bridgehead atoms. The van der Waals surface area contributed by atoms with Gasteiger partial charge < -0.3 is 4.74 Å². The average molecular weight is 161 g/mol. The first-order chi connectivity index (χ1) is 4.81. The number of ether oxygens (including phenoxy) is 1. The van der Waals surface area contributed by atoms with Crippen molar-refractivity contribution in [2.45, 2.75) is 19.3 Å². The Morgan fingerprint density at radius 3 is 2.90 bits per heavy atom. The normalized spacial score (nSPS) is 8.40. The van der Waals surface area contributed by atoms with Crippen molar-refractivity contribution in [3.05, 3.63) is 0 Å². The third-order valence-electron chi connectivity index (χ3n) is 0.918. The fourth-order valence-electron chi connectivity index (χ4n) is 0.468. The number of carbonyl (C=O) groups is 1. The highest BCUT2D eigenvalue weighted by molar-refractivity contribution is 6.17. The third kappa shape index (κ3) is 5.46. The topological polar surface area (TPSA) is 26.3 Å². The molecule has 0 fully saturated rings. The molecule has 0 amide bonds. The molecule has 3 heteroatoms. The predicted octanol–water partition coefficient (Wildman–Crippen LogP) is 1.53. The van der Waals surface area contributed by atoms with Crippen LogP contribution in [0.1, 0.15) is 19.3 Å². The van der Waals surface area contributed by atoms with Crippen molar-refractivity contribution in [2.75, 3.05) is 6.07 Å². The van der Waals surface area contributed by atoms with Crippen LogP contribution in [0.25, 0.3) is 0 Å². The molecular formula is C7H9ClO2. The smallest absolute Gasteiger partial charge is 0.307 e. The van der Waals surface area contributed by atoms with E-state index < -0.39 is 0 Å². The highest BCUT2D eigenvalue weighted by Crippen LogP contribution is 1.96. The molecule has 0 aliphatic rings. The van der Waals surface area contributed by atoms with Crippen molar-refractivity contribution in [2.24, 2.45) is 0 Å². The van der Waals surface area contributed by atoms with E-state index >= 15 is 0 Å². The maximum atomic E-state index is 10.5. The number of terminal acetylenes is 1. The van der Waals surface area contributed by atoms with Gasteiger partial charge in [-0.25, -0.2) is 0 Å². The van der Waals surface area contributed by atoms with Gasteiger partial charge >= 0.3 is 5.97 Å². The summed E-state index contributed by atoms with van der Waals surface area (Å²) >= 11 is 5.13. The van der Waals surface area contributed by atoms with Gasteiger partial charge in [0.1, 0.15) is 0 Å². The molecular weight excluding hydrogens is 152 g/mol. The Morgan fingerprint density at radius 2 is 2.40 bits per heavy atom. The highest BCUT2D eigenvalue weighted by atomic mass is 35.5. The van der Waals surface area contributed by atoms with E-state index in [1.165, 1.54) is 0 Å². The van der Waals surface area contributed by atoms with E-state index in [-0.39, 0.29) is 12.0 Å². The molecule has 2 nitrogen and oxygen atoms in total. The quantitative estimate of drug-likeness (QED) is 0.270. The van der Waals surface area contributed by atoms with E-state index in [4.69, 9.17) is 18.0 Å². The Labute approximate surface area is 65.5 Å². The van der Waals surface area contributed by atoms with Crippen LogP contribution < -0.4 is 0 Å². The van der Waals surface area contributed by atoms with Crippen LogP contribution in [0.5, 0.6) is 0 Å². The van der Waals surface area contributed by atoms with Crippen LogP contribution in [0.15, 0.2) is 0 Å². The second-order valence-corrected chi connectivity index (χ2v) is 1.90. The van der Waals surface area contributed by atoms with Crippen molar-refractivity contribution in [3.63, 3.8) is 0 Å². The van der Waals surface area contributed by atoms with Crippen molar-refractivity contribution in [1.29, 1.82) is 0 Å². The summed E-state index contributed by atoms with van der Waals surface area (Å²) in [4.78, 5) is 10.5. The van der Waals surface area contributed by atoms with Gasteiger partial charge in [-0.1, -0.05) is 11.6 Å². The molecule has 0 heterocycles. The molecule has 56 valence electrons. The molecule has 0 saturated carbocycles. The molecule has 0 aromatic heterocycles. The van der Waals surface area contributed by atoms with Crippen molar-refractivity contribution in [1.82, 2.24) is 0 Å². The molecule has 0 rings (SSSR count). The zero-order valence-corrected chi connectivity index (χ0v) is 6.36. The van der Waals surface area contributed by atoms with Crippen LogP contribution in [0, 0.1) is 12.3 Å². The Hall–Kier alpha value is -0.680. The number of halogens is 1. The summed E-state index contributed by atoms with van der Waals surface area (Å²) < 4.78 is 4.45. The average Bonchev–Trinajstić information content (AvgIpc) is 1.89. The lowest BCUT2D eigenvalue weighted by Gasteiger charge is -1.96. The molecule has 0 radical (unpaired) electrons. The standard InChI is InChI=1S/C7H9ClO2/c1-2-3-4-5-7(9)10-6-8/h1H,3-6H2. The minimum absolute atomic E-state index is 0.0745. The van der Waals surface area contributed by atoms with E-state index in [0.29, 0.717) is 19.3 Å². The molecule has 0 aromatic carbocycles. The lowest BCUT2D eigenvalue weighted by Crippen LogP contribution is -2.01. The van der Waals surface area contributed by atoms with E-state index in [1.807, 2.05) is 0 Å². The van der Waals surface area contributed by atoms with Gasteiger partial charge in [-0.15, -0.1) is 12.3 Å². The van der Waals surface area contributed by atoms with E-state index in [2.05, 4.69) is 10.7 Å². The van der Waals surface area contributed by atoms with Crippen molar-refractivity contribution < 1.29 is 9.53 Å². The van der Waals surface area contributed by atoms with E-state index in [1.54, 1.807) is 0 Å². The number of hydrogen-bond acceptors (Lipinski definition) is 2. The predicted molar refractivity (Wildman–Crippen MR) is 39.5 cm³/mol. The monoisotopic (exact) mass is 160 g/mol. The fourth-order valence-corrected chi connectivity index (χ4v) is 0.589. The van der Waals surface area contributed by atoms with Gasteiger partial charge in [0, 0.05) is 12.8 Å². The lowest BCUT2D eigenvalue weighted by atomic mass is 10.2. The van der Waals surface area contributed by atoms with Crippen molar-refractivity contribution in [3.8, 4) is 12.3 Å². The Kier molecular flexibility index (Phi) is 6.00. The summed E-state index contributed by atoms with van der Waals surface area (Å²) in [6, 6.07) is -0.0745. The first-order valence-corrected chi connectivity index (χ1v) is 3.49. The number of rotatable bonds is 4. The van der Waals surface area contributed by atoms with Crippen LogP contribution >= 0.6 is 11.6 Å². The minimum Gasteiger partial charge on any atom is -0.449 e. The summed E-state index contributed by atoms with van der Waals surface area (Å²) in [6.07, 6.45) is 6.60. The maximum Gasteiger partial charge on any atom is 0.307 e. The number of alkyl halides is 1. The Balaban J connectivity index is 3.15. The van der Waals surface area contributed by atoms with Gasteiger partial charge in [0.05, 0.1) is 0 Å². The Morgan fingerprint density at radius 1 is 1.70 bits per heavy atom. The number of hydrogen-bond donors (Lipinski definition) is 0. The molecule has 0 unspecified atom stereocenters. The number of carbonyl (C=O) groups excluding carboxylic acids is 1. The fraction of sp³-hybridized carbons (Fsp3) is 0.571. The number of unbranched alkanes of at least 4 members (excludes halogenated alkanes) is 1.